The lowest BCUT2D eigenvalue weighted by Crippen LogP contribution is -2.16. The summed E-state index contributed by atoms with van der Waals surface area (Å²) in [6, 6.07) is 7.49. The molecule has 21 heavy (non-hydrogen) atoms. The van der Waals surface area contributed by atoms with E-state index in [1.165, 1.54) is 18.2 Å². The summed E-state index contributed by atoms with van der Waals surface area (Å²) >= 11 is 5.75. The first-order chi connectivity index (χ1) is 9.77. The van der Waals surface area contributed by atoms with Gasteiger partial charge >= 0.3 is 6.18 Å². The van der Waals surface area contributed by atoms with Crippen LogP contribution in [0.4, 0.5) is 13.2 Å². The molecule has 0 aliphatic heterocycles. The lowest BCUT2D eigenvalue weighted by molar-refractivity contribution is -0.141. The van der Waals surface area contributed by atoms with E-state index in [-0.39, 0.29) is 11.3 Å². The normalized spacial score (nSPS) is 11.2. The van der Waals surface area contributed by atoms with E-state index in [1.807, 2.05) is 0 Å². The first-order valence-electron chi connectivity index (χ1n) is 5.59. The summed E-state index contributed by atoms with van der Waals surface area (Å²) in [6.45, 7) is 0. The van der Waals surface area contributed by atoms with Gasteiger partial charge in [0.1, 0.15) is 17.0 Å². The number of amides is 1. The molecule has 0 aliphatic carbocycles. The molecule has 8 heteroatoms. The van der Waals surface area contributed by atoms with Crippen LogP contribution < -0.4 is 10.5 Å². The summed E-state index contributed by atoms with van der Waals surface area (Å²) in [5, 5.41) is 0.320. The number of hydrogen-bond donors (Lipinski definition) is 1. The number of hydrogen-bond acceptors (Lipinski definition) is 3. The summed E-state index contributed by atoms with van der Waals surface area (Å²) < 4.78 is 43.1. The number of alkyl halides is 3. The first kappa shape index (κ1) is 15.1. The van der Waals surface area contributed by atoms with Crippen molar-refractivity contribution in [2.45, 2.75) is 6.18 Å². The van der Waals surface area contributed by atoms with Crippen molar-refractivity contribution in [2.75, 3.05) is 0 Å². The number of benzene rings is 1. The SMILES string of the molecule is NC(=O)c1ccc(C(F)(F)F)nc1Oc1cccc(Cl)c1. The number of halogens is 4. The standard InChI is InChI=1S/C13H8ClF3N2O2/c14-7-2-1-3-8(6-7)21-12-9(11(18)20)4-5-10(19-12)13(15,16)17/h1-6H,(H2,18,20). The Balaban J connectivity index is 2.46. The van der Waals surface area contributed by atoms with Crippen LogP contribution in [-0.2, 0) is 6.18 Å². The van der Waals surface area contributed by atoms with Gasteiger partial charge in [0.15, 0.2) is 0 Å². The zero-order chi connectivity index (χ0) is 15.6. The highest BCUT2D eigenvalue weighted by atomic mass is 35.5. The Morgan fingerprint density at radius 2 is 1.95 bits per heavy atom. The van der Waals surface area contributed by atoms with E-state index in [9.17, 15) is 18.0 Å². The summed E-state index contributed by atoms with van der Waals surface area (Å²) in [6.07, 6.45) is -4.66. The molecule has 0 fully saturated rings. The molecular weight excluding hydrogens is 309 g/mol. The van der Waals surface area contributed by atoms with Crippen molar-refractivity contribution >= 4 is 17.5 Å². The highest BCUT2D eigenvalue weighted by molar-refractivity contribution is 6.30. The van der Waals surface area contributed by atoms with Gasteiger partial charge in [0.05, 0.1) is 0 Å². The molecular formula is C13H8ClF3N2O2. The molecule has 0 saturated carbocycles. The minimum absolute atomic E-state index is 0.136. The zero-order valence-electron chi connectivity index (χ0n) is 10.3. The third kappa shape index (κ3) is 3.63. The topological polar surface area (TPSA) is 65.2 Å². The van der Waals surface area contributed by atoms with Crippen molar-refractivity contribution in [2.24, 2.45) is 5.73 Å². The van der Waals surface area contributed by atoms with Gasteiger partial charge in [0.2, 0.25) is 5.88 Å². The summed E-state index contributed by atoms with van der Waals surface area (Å²) in [5.41, 5.74) is 3.64. The Kier molecular flexibility index (Phi) is 4.04. The smallest absolute Gasteiger partial charge is 0.433 e. The van der Waals surface area contributed by atoms with Gasteiger partial charge in [0.25, 0.3) is 5.91 Å². The molecule has 0 radical (unpaired) electrons. The molecule has 0 aliphatic rings. The number of primary amides is 1. The van der Waals surface area contributed by atoms with Crippen molar-refractivity contribution in [3.8, 4) is 11.6 Å². The van der Waals surface area contributed by atoms with Crippen LogP contribution in [0.1, 0.15) is 16.1 Å². The molecule has 1 aromatic heterocycles. The average Bonchev–Trinajstić information content (AvgIpc) is 2.37. The van der Waals surface area contributed by atoms with Crippen LogP contribution in [0.5, 0.6) is 11.6 Å². The minimum atomic E-state index is -4.66. The second kappa shape index (κ2) is 5.61. The second-order valence-corrected chi connectivity index (χ2v) is 4.41. The van der Waals surface area contributed by atoms with Crippen LogP contribution in [0.15, 0.2) is 36.4 Å². The maximum atomic E-state index is 12.6. The average molecular weight is 317 g/mol. The Labute approximate surface area is 122 Å². The van der Waals surface area contributed by atoms with Gasteiger partial charge in [-0.05, 0) is 30.3 Å². The molecule has 110 valence electrons. The van der Waals surface area contributed by atoms with Crippen LogP contribution in [0, 0.1) is 0 Å². The largest absolute Gasteiger partial charge is 0.438 e. The molecule has 0 saturated heterocycles. The zero-order valence-corrected chi connectivity index (χ0v) is 11.1. The number of rotatable bonds is 3. The number of aromatic nitrogens is 1. The summed E-state index contributed by atoms with van der Waals surface area (Å²) in [7, 11) is 0. The Morgan fingerprint density at radius 1 is 1.24 bits per heavy atom. The monoisotopic (exact) mass is 316 g/mol. The minimum Gasteiger partial charge on any atom is -0.438 e. The van der Waals surface area contributed by atoms with Crippen LogP contribution >= 0.6 is 11.6 Å². The van der Waals surface area contributed by atoms with Crippen molar-refractivity contribution in [1.29, 1.82) is 0 Å². The maximum Gasteiger partial charge on any atom is 0.433 e. The highest BCUT2D eigenvalue weighted by Crippen LogP contribution is 2.32. The van der Waals surface area contributed by atoms with Gasteiger partial charge < -0.3 is 10.5 Å². The van der Waals surface area contributed by atoms with Gasteiger partial charge in [-0.15, -0.1) is 0 Å². The fraction of sp³-hybridized carbons (Fsp3) is 0.0769. The molecule has 0 atom stereocenters. The van der Waals surface area contributed by atoms with E-state index in [0.717, 1.165) is 6.07 Å². The number of nitrogens with zero attached hydrogens (tertiary/aromatic N) is 1. The van der Waals surface area contributed by atoms with E-state index >= 15 is 0 Å². The predicted molar refractivity (Wildman–Crippen MR) is 69.3 cm³/mol. The number of ether oxygens (including phenoxy) is 1. The fourth-order valence-corrected chi connectivity index (χ4v) is 1.69. The van der Waals surface area contributed by atoms with E-state index in [1.54, 1.807) is 6.07 Å². The third-order valence-corrected chi connectivity index (χ3v) is 2.66. The number of pyridine rings is 1. The van der Waals surface area contributed by atoms with Gasteiger partial charge in [-0.3, -0.25) is 4.79 Å². The van der Waals surface area contributed by atoms with E-state index in [2.05, 4.69) is 4.98 Å². The van der Waals surface area contributed by atoms with Gasteiger partial charge in [0, 0.05) is 5.02 Å². The summed E-state index contributed by atoms with van der Waals surface area (Å²) in [4.78, 5) is 14.5. The predicted octanol–water partition coefficient (Wildman–Crippen LogP) is 3.65. The van der Waals surface area contributed by atoms with E-state index in [0.29, 0.717) is 11.1 Å². The molecule has 2 aromatic rings. The van der Waals surface area contributed by atoms with Crippen molar-refractivity contribution < 1.29 is 22.7 Å². The number of carbonyl (C=O) groups is 1. The second-order valence-electron chi connectivity index (χ2n) is 3.97. The van der Waals surface area contributed by atoms with E-state index in [4.69, 9.17) is 22.1 Å². The number of carbonyl (C=O) groups excluding carboxylic acids is 1. The Bertz CT molecular complexity index is 689. The molecule has 2 N–H and O–H groups in total. The van der Waals surface area contributed by atoms with Crippen LogP contribution in [0.2, 0.25) is 5.02 Å². The van der Waals surface area contributed by atoms with Crippen molar-refractivity contribution in [3.05, 3.63) is 52.7 Å². The summed E-state index contributed by atoms with van der Waals surface area (Å²) in [5.74, 6) is -1.34. The fourth-order valence-electron chi connectivity index (χ4n) is 1.51. The molecule has 0 unspecified atom stereocenters. The van der Waals surface area contributed by atoms with Crippen molar-refractivity contribution in [1.82, 2.24) is 4.98 Å². The molecule has 0 bridgehead atoms. The number of nitrogens with two attached hydrogens (primary N) is 1. The lowest BCUT2D eigenvalue weighted by Gasteiger charge is -2.11. The van der Waals surface area contributed by atoms with Crippen LogP contribution in [0.25, 0.3) is 0 Å². The van der Waals surface area contributed by atoms with Gasteiger partial charge in [-0.2, -0.15) is 13.2 Å². The molecule has 2 rings (SSSR count). The molecule has 1 heterocycles. The van der Waals surface area contributed by atoms with Crippen LogP contribution in [-0.4, -0.2) is 10.9 Å². The molecule has 1 aromatic carbocycles. The van der Waals surface area contributed by atoms with Gasteiger partial charge in [-0.1, -0.05) is 17.7 Å². The highest BCUT2D eigenvalue weighted by Gasteiger charge is 2.33. The molecule has 0 spiro atoms. The quantitative estimate of drug-likeness (QED) is 0.940. The van der Waals surface area contributed by atoms with Crippen molar-refractivity contribution in [3.63, 3.8) is 0 Å². The maximum absolute atomic E-state index is 12.6. The Hall–Kier alpha value is -2.28. The van der Waals surface area contributed by atoms with Crippen LogP contribution in [0.3, 0.4) is 0 Å². The molecule has 1 amide bonds. The van der Waals surface area contributed by atoms with E-state index < -0.39 is 23.7 Å². The lowest BCUT2D eigenvalue weighted by atomic mass is 10.2. The molecule has 4 nitrogen and oxygen atoms in total. The van der Waals surface area contributed by atoms with Gasteiger partial charge in [-0.25, -0.2) is 4.98 Å². The first-order valence-corrected chi connectivity index (χ1v) is 5.96. The third-order valence-electron chi connectivity index (χ3n) is 2.43. The Morgan fingerprint density at radius 3 is 2.52 bits per heavy atom.